The number of aliphatic imine (C=N–C) groups is 1. The molecule has 0 bridgehead atoms. The third kappa shape index (κ3) is 5.14. The Morgan fingerprint density at radius 3 is 2.90 bits per heavy atom. The number of fused-ring (bicyclic) bond motifs is 1. The van der Waals surface area contributed by atoms with Crippen LogP contribution in [0.1, 0.15) is 41.9 Å². The number of rotatable bonds is 5. The van der Waals surface area contributed by atoms with Crippen molar-refractivity contribution in [2.24, 2.45) is 4.99 Å². The first-order chi connectivity index (χ1) is 13.7. The van der Waals surface area contributed by atoms with Crippen molar-refractivity contribution >= 4 is 29.9 Å². The Balaban J connectivity index is 0.00000240. The van der Waals surface area contributed by atoms with Gasteiger partial charge in [0.15, 0.2) is 5.96 Å². The molecule has 1 atom stereocenters. The summed E-state index contributed by atoms with van der Waals surface area (Å²) in [4.78, 5) is 13.5. The minimum Gasteiger partial charge on any atom is -0.349 e. The number of nitrogens with zero attached hydrogens (tertiary/aromatic N) is 6. The molecular formula is C20H27IN8. The van der Waals surface area contributed by atoms with Gasteiger partial charge in [-0.15, -0.1) is 24.0 Å². The van der Waals surface area contributed by atoms with E-state index in [1.807, 2.05) is 30.1 Å². The maximum atomic E-state index is 4.58. The van der Waals surface area contributed by atoms with E-state index in [0.29, 0.717) is 6.54 Å². The standard InChI is InChI=1S/C20H26N8.HI/c1-15-24-19-17(9-6-11-28(19)26-15)25-20(21-2)23-13-18-22-10-12-27(18)14-16-7-4-3-5-8-16;/h3-5,7-8,10,12,17H,6,9,11,13-14H2,1-2H3,(H2,21,23,25);1H. The van der Waals surface area contributed by atoms with Crippen LogP contribution in [0.4, 0.5) is 0 Å². The molecule has 0 amide bonds. The Morgan fingerprint density at radius 1 is 1.28 bits per heavy atom. The van der Waals surface area contributed by atoms with Gasteiger partial charge in [0.25, 0.3) is 0 Å². The third-order valence-electron chi connectivity index (χ3n) is 4.93. The summed E-state index contributed by atoms with van der Waals surface area (Å²) in [5, 5.41) is 11.3. The Morgan fingerprint density at radius 2 is 2.10 bits per heavy atom. The lowest BCUT2D eigenvalue weighted by molar-refractivity contribution is 0.397. The summed E-state index contributed by atoms with van der Waals surface area (Å²) >= 11 is 0. The molecule has 1 aliphatic rings. The smallest absolute Gasteiger partial charge is 0.191 e. The van der Waals surface area contributed by atoms with Gasteiger partial charge >= 0.3 is 0 Å². The lowest BCUT2D eigenvalue weighted by Gasteiger charge is -2.25. The van der Waals surface area contributed by atoms with Crippen molar-refractivity contribution in [3.05, 3.63) is 65.8 Å². The highest BCUT2D eigenvalue weighted by atomic mass is 127. The molecule has 3 aromatic rings. The van der Waals surface area contributed by atoms with Gasteiger partial charge < -0.3 is 15.2 Å². The van der Waals surface area contributed by atoms with E-state index in [1.165, 1.54) is 5.56 Å². The molecule has 0 fully saturated rings. The fourth-order valence-electron chi connectivity index (χ4n) is 3.56. The number of aromatic nitrogens is 5. The minimum absolute atomic E-state index is 0. The summed E-state index contributed by atoms with van der Waals surface area (Å²) in [5.41, 5.74) is 1.25. The van der Waals surface area contributed by atoms with Gasteiger partial charge in [0.1, 0.15) is 17.5 Å². The zero-order valence-corrected chi connectivity index (χ0v) is 19.1. The van der Waals surface area contributed by atoms with Gasteiger partial charge in [-0.1, -0.05) is 30.3 Å². The van der Waals surface area contributed by atoms with E-state index in [0.717, 1.165) is 49.4 Å². The number of nitrogens with one attached hydrogen (secondary N) is 2. The predicted molar refractivity (Wildman–Crippen MR) is 123 cm³/mol. The quantitative estimate of drug-likeness (QED) is 0.316. The highest BCUT2D eigenvalue weighted by Gasteiger charge is 2.24. The van der Waals surface area contributed by atoms with Crippen LogP contribution in [0.25, 0.3) is 0 Å². The molecule has 8 nitrogen and oxygen atoms in total. The molecule has 1 unspecified atom stereocenters. The van der Waals surface area contributed by atoms with Crippen LogP contribution in [0.3, 0.4) is 0 Å². The van der Waals surface area contributed by atoms with Crippen molar-refractivity contribution in [1.29, 1.82) is 0 Å². The number of aryl methyl sites for hydroxylation is 2. The Bertz CT molecular complexity index is 947. The van der Waals surface area contributed by atoms with Crippen LogP contribution in [-0.4, -0.2) is 37.3 Å². The molecule has 2 N–H and O–H groups in total. The molecule has 3 heterocycles. The number of benzene rings is 1. The average molecular weight is 506 g/mol. The van der Waals surface area contributed by atoms with Crippen LogP contribution < -0.4 is 10.6 Å². The van der Waals surface area contributed by atoms with Crippen LogP contribution in [0, 0.1) is 6.92 Å². The van der Waals surface area contributed by atoms with Crippen LogP contribution >= 0.6 is 24.0 Å². The summed E-state index contributed by atoms with van der Waals surface area (Å²) in [5.74, 6) is 3.51. The lowest BCUT2D eigenvalue weighted by atomic mass is 10.1. The highest BCUT2D eigenvalue weighted by molar-refractivity contribution is 14.0. The number of halogens is 1. The first-order valence-corrected chi connectivity index (χ1v) is 9.65. The van der Waals surface area contributed by atoms with Crippen LogP contribution in [0.15, 0.2) is 47.7 Å². The summed E-state index contributed by atoms with van der Waals surface area (Å²) < 4.78 is 4.15. The van der Waals surface area contributed by atoms with Crippen molar-refractivity contribution in [1.82, 2.24) is 34.9 Å². The molecule has 9 heteroatoms. The van der Waals surface area contributed by atoms with E-state index in [1.54, 1.807) is 7.05 Å². The van der Waals surface area contributed by atoms with E-state index in [2.05, 4.69) is 59.5 Å². The van der Waals surface area contributed by atoms with Crippen LogP contribution in [-0.2, 0) is 19.6 Å². The topological polar surface area (TPSA) is 85.0 Å². The maximum absolute atomic E-state index is 4.58. The second-order valence-corrected chi connectivity index (χ2v) is 6.96. The van der Waals surface area contributed by atoms with Crippen LogP contribution in [0.5, 0.6) is 0 Å². The number of hydrogen-bond donors (Lipinski definition) is 2. The van der Waals surface area contributed by atoms with Crippen molar-refractivity contribution in [3.8, 4) is 0 Å². The van der Waals surface area contributed by atoms with E-state index in [4.69, 9.17) is 0 Å². The number of hydrogen-bond acceptors (Lipinski definition) is 4. The summed E-state index contributed by atoms with van der Waals surface area (Å²) in [7, 11) is 1.78. The van der Waals surface area contributed by atoms with Gasteiger partial charge in [-0.3, -0.25) is 4.99 Å². The first-order valence-electron chi connectivity index (χ1n) is 9.65. The predicted octanol–water partition coefficient (Wildman–Crippen LogP) is 2.65. The van der Waals surface area contributed by atoms with Gasteiger partial charge in [-0.2, -0.15) is 5.10 Å². The van der Waals surface area contributed by atoms with Crippen molar-refractivity contribution in [3.63, 3.8) is 0 Å². The maximum Gasteiger partial charge on any atom is 0.191 e. The Kier molecular flexibility index (Phi) is 7.24. The molecule has 4 rings (SSSR count). The summed E-state index contributed by atoms with van der Waals surface area (Å²) in [6, 6.07) is 10.5. The highest BCUT2D eigenvalue weighted by Crippen LogP contribution is 2.22. The molecule has 0 aliphatic carbocycles. The second-order valence-electron chi connectivity index (χ2n) is 6.96. The molecule has 0 radical (unpaired) electrons. The number of imidazole rings is 1. The second kappa shape index (κ2) is 9.86. The molecule has 2 aromatic heterocycles. The molecule has 29 heavy (non-hydrogen) atoms. The normalized spacial score (nSPS) is 16.1. The third-order valence-corrected chi connectivity index (χ3v) is 4.93. The largest absolute Gasteiger partial charge is 0.349 e. The first kappa shape index (κ1) is 21.3. The van der Waals surface area contributed by atoms with Gasteiger partial charge in [0.05, 0.1) is 12.6 Å². The van der Waals surface area contributed by atoms with Crippen LogP contribution in [0.2, 0.25) is 0 Å². The van der Waals surface area contributed by atoms with E-state index in [-0.39, 0.29) is 30.0 Å². The lowest BCUT2D eigenvalue weighted by Crippen LogP contribution is -2.41. The molecule has 1 aliphatic heterocycles. The molecule has 0 saturated heterocycles. The van der Waals surface area contributed by atoms with Gasteiger partial charge in [-0.05, 0) is 25.3 Å². The van der Waals surface area contributed by atoms with Gasteiger partial charge in [-0.25, -0.2) is 14.6 Å². The average Bonchev–Trinajstić information content (AvgIpc) is 3.31. The van der Waals surface area contributed by atoms with Gasteiger partial charge in [0.2, 0.25) is 0 Å². The van der Waals surface area contributed by atoms with Crippen molar-refractivity contribution < 1.29 is 0 Å². The van der Waals surface area contributed by atoms with Crippen molar-refractivity contribution in [2.45, 2.75) is 45.4 Å². The monoisotopic (exact) mass is 506 g/mol. The minimum atomic E-state index is 0. The van der Waals surface area contributed by atoms with E-state index >= 15 is 0 Å². The zero-order valence-electron chi connectivity index (χ0n) is 16.7. The summed E-state index contributed by atoms with van der Waals surface area (Å²) in [6.45, 7) is 4.26. The molecule has 0 spiro atoms. The SMILES string of the molecule is CN=C(NCc1nccn1Cc1ccccc1)NC1CCCn2nc(C)nc21.I. The van der Waals surface area contributed by atoms with E-state index in [9.17, 15) is 0 Å². The van der Waals surface area contributed by atoms with Crippen molar-refractivity contribution in [2.75, 3.05) is 7.05 Å². The fourth-order valence-corrected chi connectivity index (χ4v) is 3.56. The Labute approximate surface area is 187 Å². The van der Waals surface area contributed by atoms with E-state index < -0.39 is 0 Å². The molecular weight excluding hydrogens is 479 g/mol. The van der Waals surface area contributed by atoms with Gasteiger partial charge in [0, 0.05) is 32.5 Å². The Hall–Kier alpha value is -2.43. The zero-order chi connectivity index (χ0) is 19.3. The molecule has 1 aromatic carbocycles. The summed E-state index contributed by atoms with van der Waals surface area (Å²) in [6.07, 6.45) is 5.93. The molecule has 0 saturated carbocycles. The number of guanidine groups is 1. The molecule has 154 valence electrons. The fraction of sp³-hybridized carbons (Fsp3) is 0.400.